The topological polar surface area (TPSA) is 84.5 Å². The summed E-state index contributed by atoms with van der Waals surface area (Å²) in [5.41, 5.74) is 0.716. The van der Waals surface area contributed by atoms with Crippen LogP contribution in [0.15, 0.2) is 18.2 Å². The van der Waals surface area contributed by atoms with Crippen LogP contribution in [0.5, 0.6) is 0 Å². The van der Waals surface area contributed by atoms with Gasteiger partial charge in [-0.3, -0.25) is 9.59 Å². The Morgan fingerprint density at radius 1 is 1.11 bits per heavy atom. The Labute approximate surface area is 165 Å². The number of anilines is 1. The van der Waals surface area contributed by atoms with E-state index in [0.717, 1.165) is 12.8 Å². The van der Waals surface area contributed by atoms with E-state index in [4.69, 9.17) is 11.6 Å². The molecule has 1 aromatic carbocycles. The van der Waals surface area contributed by atoms with Gasteiger partial charge < -0.3 is 15.4 Å². The number of halogens is 1. The predicted octanol–water partition coefficient (Wildman–Crippen LogP) is 3.79. The van der Waals surface area contributed by atoms with Crippen LogP contribution in [0, 0.1) is 11.8 Å². The van der Waals surface area contributed by atoms with Crippen molar-refractivity contribution in [2.75, 3.05) is 19.0 Å². The van der Waals surface area contributed by atoms with Crippen molar-refractivity contribution >= 4 is 35.1 Å². The molecule has 2 N–H and O–H groups in total. The zero-order valence-electron chi connectivity index (χ0n) is 15.8. The van der Waals surface area contributed by atoms with Crippen molar-refractivity contribution in [3.63, 3.8) is 0 Å². The summed E-state index contributed by atoms with van der Waals surface area (Å²) in [6.45, 7) is 2.80. The number of nitrogens with one attached hydrogen (secondary N) is 2. The molecule has 1 aliphatic rings. The lowest BCUT2D eigenvalue weighted by atomic mass is 9.81. The highest BCUT2D eigenvalue weighted by molar-refractivity contribution is 6.33. The molecule has 2 amide bonds. The molecule has 1 saturated carbocycles. The second-order valence-corrected chi connectivity index (χ2v) is 7.28. The van der Waals surface area contributed by atoms with Crippen molar-refractivity contribution in [2.24, 2.45) is 11.8 Å². The van der Waals surface area contributed by atoms with E-state index < -0.39 is 5.97 Å². The van der Waals surface area contributed by atoms with Crippen LogP contribution in [0.2, 0.25) is 5.02 Å². The van der Waals surface area contributed by atoms with E-state index in [1.807, 2.05) is 0 Å². The number of hydrogen-bond donors (Lipinski definition) is 2. The van der Waals surface area contributed by atoms with E-state index in [-0.39, 0.29) is 23.7 Å². The van der Waals surface area contributed by atoms with Crippen LogP contribution in [0.3, 0.4) is 0 Å². The SMILES string of the molecule is CCCCNC(=O)C1CCC(C(=O)Nc2cc(C(=O)OC)ccc2Cl)CC1. The normalized spacial score (nSPS) is 19.2. The number of esters is 1. The number of methoxy groups -OCH3 is 1. The minimum Gasteiger partial charge on any atom is -0.465 e. The summed E-state index contributed by atoms with van der Waals surface area (Å²) < 4.78 is 4.69. The monoisotopic (exact) mass is 394 g/mol. The quantitative estimate of drug-likeness (QED) is 0.544. The minimum absolute atomic E-state index is 0.0165. The van der Waals surface area contributed by atoms with Gasteiger partial charge in [0.15, 0.2) is 0 Å². The third-order valence-corrected chi connectivity index (χ3v) is 5.27. The van der Waals surface area contributed by atoms with Gasteiger partial charge in [-0.2, -0.15) is 0 Å². The molecule has 7 heteroatoms. The molecule has 1 aliphatic carbocycles. The first-order valence-electron chi connectivity index (χ1n) is 9.42. The highest BCUT2D eigenvalue weighted by Gasteiger charge is 2.30. The zero-order valence-corrected chi connectivity index (χ0v) is 16.6. The summed E-state index contributed by atoms with van der Waals surface area (Å²) in [5, 5.41) is 6.13. The first kappa shape index (κ1) is 21.2. The van der Waals surface area contributed by atoms with Gasteiger partial charge in [0.25, 0.3) is 0 Å². The number of amides is 2. The first-order chi connectivity index (χ1) is 13.0. The van der Waals surface area contributed by atoms with Crippen LogP contribution in [0.4, 0.5) is 5.69 Å². The smallest absolute Gasteiger partial charge is 0.337 e. The third kappa shape index (κ3) is 5.96. The minimum atomic E-state index is -0.489. The Morgan fingerprint density at radius 3 is 2.33 bits per heavy atom. The van der Waals surface area contributed by atoms with Gasteiger partial charge in [-0.25, -0.2) is 4.79 Å². The summed E-state index contributed by atoms with van der Waals surface area (Å²) in [5.74, 6) is -0.712. The average molecular weight is 395 g/mol. The lowest BCUT2D eigenvalue weighted by Crippen LogP contribution is -2.35. The number of carbonyl (C=O) groups excluding carboxylic acids is 3. The molecule has 0 atom stereocenters. The highest BCUT2D eigenvalue weighted by Crippen LogP contribution is 2.31. The number of benzene rings is 1. The molecule has 0 radical (unpaired) electrons. The molecule has 1 aromatic rings. The summed E-state index contributed by atoms with van der Waals surface area (Å²) >= 11 is 6.13. The molecule has 0 aliphatic heterocycles. The van der Waals surface area contributed by atoms with Gasteiger partial charge in [0, 0.05) is 18.4 Å². The van der Waals surface area contributed by atoms with Gasteiger partial charge in [0.1, 0.15) is 0 Å². The van der Waals surface area contributed by atoms with Crippen LogP contribution in [0.1, 0.15) is 55.8 Å². The number of unbranched alkanes of at least 4 members (excludes halogenated alkanes) is 1. The predicted molar refractivity (Wildman–Crippen MR) is 105 cm³/mol. The second-order valence-electron chi connectivity index (χ2n) is 6.87. The molecule has 0 bridgehead atoms. The first-order valence-corrected chi connectivity index (χ1v) is 9.80. The second kappa shape index (κ2) is 10.3. The van der Waals surface area contributed by atoms with E-state index in [2.05, 4.69) is 22.3 Å². The molecule has 6 nitrogen and oxygen atoms in total. The molecular weight excluding hydrogens is 368 g/mol. The fourth-order valence-electron chi connectivity index (χ4n) is 3.25. The maximum Gasteiger partial charge on any atom is 0.337 e. The maximum atomic E-state index is 12.6. The average Bonchev–Trinajstić information content (AvgIpc) is 2.69. The molecule has 0 aromatic heterocycles. The Morgan fingerprint density at radius 2 is 1.74 bits per heavy atom. The molecule has 27 heavy (non-hydrogen) atoms. The van der Waals surface area contributed by atoms with E-state index in [1.54, 1.807) is 12.1 Å². The third-order valence-electron chi connectivity index (χ3n) is 4.94. The molecule has 0 spiro atoms. The summed E-state index contributed by atoms with van der Waals surface area (Å²) in [4.78, 5) is 36.4. The van der Waals surface area contributed by atoms with E-state index in [9.17, 15) is 14.4 Å². The Balaban J connectivity index is 1.89. The molecule has 1 fully saturated rings. The van der Waals surface area contributed by atoms with Gasteiger partial charge in [-0.1, -0.05) is 24.9 Å². The van der Waals surface area contributed by atoms with Crippen molar-refractivity contribution < 1.29 is 19.1 Å². The fraction of sp³-hybridized carbons (Fsp3) is 0.550. The molecule has 0 saturated heterocycles. The van der Waals surface area contributed by atoms with Crippen LogP contribution < -0.4 is 10.6 Å². The van der Waals surface area contributed by atoms with Crippen molar-refractivity contribution in [3.05, 3.63) is 28.8 Å². The Hall–Kier alpha value is -2.08. The van der Waals surface area contributed by atoms with Crippen molar-refractivity contribution in [3.8, 4) is 0 Å². The number of ether oxygens (including phenoxy) is 1. The van der Waals surface area contributed by atoms with E-state index in [0.29, 0.717) is 48.5 Å². The Kier molecular flexibility index (Phi) is 8.10. The molecule has 2 rings (SSSR count). The van der Waals surface area contributed by atoms with Crippen LogP contribution in [-0.4, -0.2) is 31.4 Å². The number of rotatable bonds is 7. The lowest BCUT2D eigenvalue weighted by Gasteiger charge is -2.27. The molecule has 148 valence electrons. The van der Waals surface area contributed by atoms with Crippen molar-refractivity contribution in [2.45, 2.75) is 45.4 Å². The molecule has 0 unspecified atom stereocenters. The lowest BCUT2D eigenvalue weighted by molar-refractivity contribution is -0.128. The van der Waals surface area contributed by atoms with Crippen LogP contribution in [0.25, 0.3) is 0 Å². The number of carbonyl (C=O) groups is 3. The maximum absolute atomic E-state index is 12.6. The van der Waals surface area contributed by atoms with Gasteiger partial charge in [-0.05, 0) is 50.3 Å². The summed E-state index contributed by atoms with van der Waals surface area (Å²) in [6.07, 6.45) is 4.75. The number of hydrogen-bond acceptors (Lipinski definition) is 4. The van der Waals surface area contributed by atoms with Gasteiger partial charge in [-0.15, -0.1) is 0 Å². The largest absolute Gasteiger partial charge is 0.465 e. The van der Waals surface area contributed by atoms with Crippen molar-refractivity contribution in [1.29, 1.82) is 0 Å². The van der Waals surface area contributed by atoms with E-state index >= 15 is 0 Å². The van der Waals surface area contributed by atoms with Crippen LogP contribution >= 0.6 is 11.6 Å². The zero-order chi connectivity index (χ0) is 19.8. The Bertz CT molecular complexity index is 685. The van der Waals surface area contributed by atoms with Gasteiger partial charge >= 0.3 is 5.97 Å². The molecule has 0 heterocycles. The molecular formula is C20H27ClN2O4. The fourth-order valence-corrected chi connectivity index (χ4v) is 3.42. The summed E-state index contributed by atoms with van der Waals surface area (Å²) in [6, 6.07) is 4.62. The van der Waals surface area contributed by atoms with Crippen molar-refractivity contribution in [1.82, 2.24) is 5.32 Å². The van der Waals surface area contributed by atoms with E-state index in [1.165, 1.54) is 13.2 Å². The van der Waals surface area contributed by atoms with Crippen LogP contribution in [-0.2, 0) is 14.3 Å². The van der Waals surface area contributed by atoms with Gasteiger partial charge in [0.05, 0.1) is 23.4 Å². The highest BCUT2D eigenvalue weighted by atomic mass is 35.5. The van der Waals surface area contributed by atoms with Gasteiger partial charge in [0.2, 0.25) is 11.8 Å². The standard InChI is InChI=1S/C20H27ClN2O4/c1-3-4-11-22-18(24)13-5-7-14(8-6-13)19(25)23-17-12-15(20(26)27-2)9-10-16(17)21/h9-10,12-14H,3-8,11H2,1-2H3,(H,22,24)(H,23,25). The summed E-state index contributed by atoms with van der Waals surface area (Å²) in [7, 11) is 1.30.